The fourth-order valence-electron chi connectivity index (χ4n) is 6.42. The topological polar surface area (TPSA) is 347 Å². The number of benzene rings is 6. The number of carbonyl (C=O) groups excluding carboxylic acids is 5. The molecule has 19 nitrogen and oxygen atoms in total. The molecule has 524 valence electrons. The summed E-state index contributed by atoms with van der Waals surface area (Å²) >= 11 is 69.1. The Morgan fingerprint density at radius 3 is 0.660 bits per heavy atom. The smallest absolute Gasteiger partial charge is 0.307 e. The summed E-state index contributed by atoms with van der Waals surface area (Å²) in [5.74, 6) is -2.40. The first-order chi connectivity index (χ1) is 43.4. The zero-order valence-electron chi connectivity index (χ0n) is 50.0. The number of hydrogen-bond donors (Lipinski definition) is 8. The molecule has 13 N–H and O–H groups in total. The van der Waals surface area contributed by atoms with E-state index < -0.39 is 45.4 Å². The number of aliphatic hydroxyl groups excluding tert-OH is 2. The molecular formula is C60H71Cl14N5O14S. The molecule has 6 aromatic carbocycles. The van der Waals surface area contributed by atoms with E-state index in [1.165, 1.54) is 28.4 Å². The van der Waals surface area contributed by atoms with Crippen molar-refractivity contribution in [1.29, 1.82) is 0 Å². The van der Waals surface area contributed by atoms with E-state index in [-0.39, 0.29) is 70.0 Å². The second-order valence-corrected chi connectivity index (χ2v) is 25.3. The van der Waals surface area contributed by atoms with E-state index in [4.69, 9.17) is 187 Å². The van der Waals surface area contributed by atoms with Gasteiger partial charge in [0.2, 0.25) is 9.23 Å². The van der Waals surface area contributed by atoms with Gasteiger partial charge in [-0.05, 0) is 144 Å². The fourth-order valence-corrected chi connectivity index (χ4v) is 9.68. The predicted octanol–water partition coefficient (Wildman–Crippen LogP) is 16.8. The lowest BCUT2D eigenvalue weighted by atomic mass is 10.1. The molecule has 0 saturated carbocycles. The lowest BCUT2D eigenvalue weighted by Crippen LogP contribution is -2.16. The number of carbonyl (C=O) groups is 6. The van der Waals surface area contributed by atoms with Gasteiger partial charge >= 0.3 is 29.8 Å². The second-order valence-electron chi connectivity index (χ2n) is 17.6. The van der Waals surface area contributed by atoms with Crippen LogP contribution in [0, 0.1) is 0 Å². The average molecular weight is 1610 g/mol. The van der Waals surface area contributed by atoms with Crippen LogP contribution in [0.3, 0.4) is 0 Å². The van der Waals surface area contributed by atoms with Gasteiger partial charge in [-0.25, -0.2) is 4.21 Å². The first-order valence-electron chi connectivity index (χ1n) is 25.7. The van der Waals surface area contributed by atoms with E-state index in [1.54, 1.807) is 116 Å². The number of ether oxygens (including phenoxy) is 4. The normalized spacial score (nSPS) is 11.3. The fraction of sp³-hybridized carbons (Fsp3) is 0.300. The molecule has 0 aliphatic carbocycles. The summed E-state index contributed by atoms with van der Waals surface area (Å²) in [4.78, 5) is 64.6. The van der Waals surface area contributed by atoms with Crippen molar-refractivity contribution in [1.82, 2.24) is 0 Å². The molecule has 0 saturated heterocycles. The van der Waals surface area contributed by atoms with Crippen molar-refractivity contribution < 1.29 is 67.2 Å². The van der Waals surface area contributed by atoms with Gasteiger partial charge in [-0.1, -0.05) is 147 Å². The molecular weight excluding hydrogens is 1540 g/mol. The minimum Gasteiger partial charge on any atom is -0.481 e. The van der Waals surface area contributed by atoms with Gasteiger partial charge in [-0.2, -0.15) is 0 Å². The Morgan fingerprint density at radius 1 is 0.394 bits per heavy atom. The number of carboxylic acid groups (broad SMARTS) is 1. The van der Waals surface area contributed by atoms with Crippen LogP contribution in [-0.2, 0) is 52.1 Å². The maximum Gasteiger partial charge on any atom is 0.307 e. The maximum absolute atomic E-state index is 11.0. The lowest BCUT2D eigenvalue weighted by Gasteiger charge is -2.11. The Hall–Kier alpha value is -3.73. The molecule has 0 spiro atoms. The Balaban J connectivity index is -0.000000504. The Kier molecular flexibility index (Phi) is 56.7. The van der Waals surface area contributed by atoms with Crippen molar-refractivity contribution in [2.24, 2.45) is 28.7 Å². The molecule has 3 unspecified atom stereocenters. The highest BCUT2D eigenvalue weighted by molar-refractivity contribution is 8.26. The standard InChI is InChI=1S/4C10H11Cl2NO2.C9H9Cl2NO2.C7H4Cl2O.C2H6O.CH4O.CH4.Cl2OS/c4*1-15-10(14)5-9(13)6-2-7(11)4-8(12)3-6;10-6-1-5(2-7(11)3-6)8(12)4-9(13)14;8-6-1-5(4-10)2-7(9)3-6;1-2-3;1-2;;1-4(2)3/h4*2-4,9H,5,13H2,1H3;1-3,8H,4,12H2,(H,13,14);1-4H;3H,2H2,1H3;2H,1H3;1H4;/t2*9-;;;;;;;;/m10......../s1. The minimum absolute atomic E-state index is 0. The van der Waals surface area contributed by atoms with E-state index >= 15 is 0 Å². The summed E-state index contributed by atoms with van der Waals surface area (Å²) in [6.45, 7) is 1.93. The van der Waals surface area contributed by atoms with Crippen molar-refractivity contribution in [3.05, 3.63) is 203 Å². The predicted molar refractivity (Wildman–Crippen MR) is 385 cm³/mol. The van der Waals surface area contributed by atoms with Gasteiger partial charge < -0.3 is 62.9 Å². The maximum atomic E-state index is 11.0. The highest BCUT2D eigenvalue weighted by Gasteiger charge is 2.17. The van der Waals surface area contributed by atoms with Crippen LogP contribution in [0.25, 0.3) is 0 Å². The molecule has 0 aliphatic rings. The van der Waals surface area contributed by atoms with Crippen molar-refractivity contribution >= 4 is 206 Å². The van der Waals surface area contributed by atoms with E-state index in [2.05, 4.69) is 40.3 Å². The molecule has 5 atom stereocenters. The number of carboxylic acids is 1. The summed E-state index contributed by atoms with van der Waals surface area (Å²) in [5.41, 5.74) is 32.8. The van der Waals surface area contributed by atoms with Crippen LogP contribution in [0.15, 0.2) is 109 Å². The van der Waals surface area contributed by atoms with Gasteiger partial charge in [-0.15, -0.1) is 0 Å². The summed E-state index contributed by atoms with van der Waals surface area (Å²) in [6, 6.07) is 27.0. The second kappa shape index (κ2) is 55.2. The first kappa shape index (κ1) is 96.7. The van der Waals surface area contributed by atoms with Crippen LogP contribution in [0.1, 0.15) is 115 Å². The molecule has 34 heteroatoms. The third-order valence-corrected chi connectivity index (χ3v) is 13.1. The van der Waals surface area contributed by atoms with Gasteiger partial charge in [0.1, 0.15) is 6.29 Å². The van der Waals surface area contributed by atoms with Gasteiger partial charge in [-0.3, -0.25) is 28.8 Å². The quantitative estimate of drug-likeness (QED) is 0.0193. The number of aldehydes is 1. The van der Waals surface area contributed by atoms with Gasteiger partial charge in [0.05, 0.1) is 60.5 Å². The number of hydrogen-bond acceptors (Lipinski definition) is 18. The molecule has 0 fully saturated rings. The summed E-state index contributed by atoms with van der Waals surface area (Å²) in [5, 5.41) is 29.0. The minimum atomic E-state index is -1.67. The zero-order valence-corrected chi connectivity index (χ0v) is 61.4. The van der Waals surface area contributed by atoms with Crippen molar-refractivity contribution in [3.63, 3.8) is 0 Å². The zero-order chi connectivity index (χ0) is 72.2. The molecule has 0 bridgehead atoms. The van der Waals surface area contributed by atoms with Crippen LogP contribution in [0.5, 0.6) is 0 Å². The molecule has 0 radical (unpaired) electrons. The number of aliphatic hydroxyl groups is 2. The van der Waals surface area contributed by atoms with E-state index in [1.807, 2.05) is 0 Å². The van der Waals surface area contributed by atoms with Crippen molar-refractivity contribution in [2.75, 3.05) is 42.2 Å². The lowest BCUT2D eigenvalue weighted by molar-refractivity contribution is -0.141. The van der Waals surface area contributed by atoms with Crippen molar-refractivity contribution in [2.45, 2.75) is 76.7 Å². The SMILES string of the molecule is C.CCO.CO.COC(=O)CC(N)c1cc(Cl)cc(Cl)c1.COC(=O)CC(N)c1cc(Cl)cc(Cl)c1.COC(=O)C[C@@H](N)c1cc(Cl)cc(Cl)c1.COC(=O)C[C@H](N)c1cc(Cl)cc(Cl)c1.NC(CC(=O)O)c1cc(Cl)cc(Cl)c1.O=Cc1cc(Cl)cc(Cl)c1.O=S(Cl)Cl. The Labute approximate surface area is 618 Å². The number of rotatable bonds is 16. The molecule has 0 aliphatic heterocycles. The molecule has 6 aromatic rings. The van der Waals surface area contributed by atoms with Gasteiger partial charge in [0, 0.05) is 131 Å². The van der Waals surface area contributed by atoms with Crippen LogP contribution >= 0.6 is 161 Å². The highest BCUT2D eigenvalue weighted by atomic mass is 36.0. The molecule has 0 heterocycles. The van der Waals surface area contributed by atoms with E-state index in [9.17, 15) is 28.8 Å². The van der Waals surface area contributed by atoms with Crippen LogP contribution < -0.4 is 28.7 Å². The van der Waals surface area contributed by atoms with Crippen LogP contribution in [-0.4, -0.2) is 97.8 Å². The van der Waals surface area contributed by atoms with E-state index in [0.717, 1.165) is 29.4 Å². The third kappa shape index (κ3) is 48.1. The van der Waals surface area contributed by atoms with Crippen LogP contribution in [0.4, 0.5) is 0 Å². The molecule has 6 rings (SSSR count). The number of methoxy groups -OCH3 is 4. The largest absolute Gasteiger partial charge is 0.481 e. The van der Waals surface area contributed by atoms with Crippen LogP contribution in [0.2, 0.25) is 60.3 Å². The third-order valence-electron chi connectivity index (χ3n) is 10.4. The Morgan fingerprint density at radius 2 is 0.532 bits per heavy atom. The van der Waals surface area contributed by atoms with Crippen molar-refractivity contribution in [3.8, 4) is 0 Å². The monoisotopic (exact) mass is 1610 g/mol. The first-order valence-corrected chi connectivity index (χ1v) is 33.1. The number of esters is 4. The molecule has 0 amide bonds. The highest BCUT2D eigenvalue weighted by Crippen LogP contribution is 2.29. The molecule has 0 aromatic heterocycles. The average Bonchev–Trinajstić information content (AvgIpc) is 0.945. The molecule has 94 heavy (non-hydrogen) atoms. The Bertz CT molecular complexity index is 2880. The number of aliphatic carboxylic acids is 1. The van der Waals surface area contributed by atoms with Gasteiger partial charge in [0.25, 0.3) is 0 Å². The summed E-state index contributed by atoms with van der Waals surface area (Å²) < 4.78 is 27.2. The number of nitrogens with two attached hydrogens (primary N) is 5. The van der Waals surface area contributed by atoms with Gasteiger partial charge in [0.15, 0.2) is 0 Å². The summed E-state index contributed by atoms with van der Waals surface area (Å²) in [6.07, 6.45) is 0.981. The summed E-state index contributed by atoms with van der Waals surface area (Å²) in [7, 11) is 13.6. The number of halogens is 14. The van der Waals surface area contributed by atoms with E-state index in [0.29, 0.717) is 77.7 Å².